The Morgan fingerprint density at radius 1 is 1.38 bits per heavy atom. The van der Waals surface area contributed by atoms with Gasteiger partial charge in [0.15, 0.2) is 0 Å². The third kappa shape index (κ3) is 6.81. The highest BCUT2D eigenvalue weighted by Gasteiger charge is 2.23. The Bertz CT molecular complexity index is 306. The van der Waals surface area contributed by atoms with E-state index >= 15 is 0 Å². The molecule has 7 nitrogen and oxygen atoms in total. The molecule has 0 heterocycles. The van der Waals surface area contributed by atoms with Crippen molar-refractivity contribution in [1.82, 2.24) is 0 Å². The number of carbonyl (C=O) groups excluding carboxylic acids is 2. The minimum Gasteiger partial charge on any atom is -0.790 e. The van der Waals surface area contributed by atoms with E-state index < -0.39 is 32.1 Å². The van der Waals surface area contributed by atoms with Gasteiger partial charge >= 0.3 is 0 Å². The Morgan fingerprint density at radius 2 is 1.88 bits per heavy atom. The van der Waals surface area contributed by atoms with Gasteiger partial charge < -0.3 is 24.0 Å². The summed E-state index contributed by atoms with van der Waals surface area (Å²) in [5.41, 5.74) is 0. The molecule has 0 aliphatic carbocycles. The number of Topliss-reactive ketones (excluding diaryl/α,β-unsaturated/α-hetero) is 2. The zero-order valence-electron chi connectivity index (χ0n) is 8.91. The van der Waals surface area contributed by atoms with Crippen LogP contribution in [-0.2, 0) is 18.7 Å². The number of phosphoric acid groups is 1. The van der Waals surface area contributed by atoms with Gasteiger partial charge in [0.1, 0.15) is 6.10 Å². The number of carbonyl (C=O) groups is 2. The largest absolute Gasteiger partial charge is 0.790 e. The van der Waals surface area contributed by atoms with Gasteiger partial charge in [-0.3, -0.25) is 9.59 Å². The number of hydrogen-bond acceptors (Lipinski definition) is 7. The standard InChI is InChI=1S/C8H15O7P/c1-5(2)3-6(9)8(11)7(10)4-15-16(12,13)14/h5,7,10H,3-4H2,1-2H3,(H2,12,13,14)/p-2. The van der Waals surface area contributed by atoms with Crippen molar-refractivity contribution >= 4 is 19.4 Å². The van der Waals surface area contributed by atoms with Gasteiger partial charge in [0.25, 0.3) is 0 Å². The van der Waals surface area contributed by atoms with E-state index in [0.29, 0.717) is 0 Å². The summed E-state index contributed by atoms with van der Waals surface area (Å²) >= 11 is 0. The first kappa shape index (κ1) is 15.4. The molecule has 0 saturated carbocycles. The number of rotatable bonds is 7. The van der Waals surface area contributed by atoms with Crippen molar-refractivity contribution < 1.29 is 33.6 Å². The number of hydrogen-bond donors (Lipinski definition) is 1. The van der Waals surface area contributed by atoms with Crippen molar-refractivity contribution in [3.63, 3.8) is 0 Å². The monoisotopic (exact) mass is 252 g/mol. The van der Waals surface area contributed by atoms with Gasteiger partial charge in [0.05, 0.1) is 14.4 Å². The first-order chi connectivity index (χ1) is 7.13. The fourth-order valence-electron chi connectivity index (χ4n) is 0.895. The van der Waals surface area contributed by atoms with Crippen LogP contribution in [0.15, 0.2) is 0 Å². The Balaban J connectivity index is 4.19. The van der Waals surface area contributed by atoms with Crippen molar-refractivity contribution in [3.05, 3.63) is 0 Å². The van der Waals surface area contributed by atoms with Crippen LogP contribution < -0.4 is 9.79 Å². The second-order valence-corrected chi connectivity index (χ2v) is 4.80. The van der Waals surface area contributed by atoms with Crippen LogP contribution >= 0.6 is 7.82 Å². The number of phosphoric ester groups is 1. The zero-order valence-corrected chi connectivity index (χ0v) is 9.81. The highest BCUT2D eigenvalue weighted by atomic mass is 31.2. The van der Waals surface area contributed by atoms with Crippen molar-refractivity contribution in [1.29, 1.82) is 0 Å². The minimum atomic E-state index is -5.24. The average Bonchev–Trinajstić information content (AvgIpc) is 2.10. The fraction of sp³-hybridized carbons (Fsp3) is 0.750. The molecule has 0 rings (SSSR count). The predicted octanol–water partition coefficient (Wildman–Crippen LogP) is -1.62. The molecule has 0 radical (unpaired) electrons. The molecule has 1 atom stereocenters. The summed E-state index contributed by atoms with van der Waals surface area (Å²) in [4.78, 5) is 42.3. The van der Waals surface area contributed by atoms with Gasteiger partial charge in [-0.2, -0.15) is 0 Å². The maximum Gasteiger partial charge on any atom is 0.229 e. The quantitative estimate of drug-likeness (QED) is 0.426. The van der Waals surface area contributed by atoms with E-state index in [-0.39, 0.29) is 12.3 Å². The molecule has 0 saturated heterocycles. The van der Waals surface area contributed by atoms with Crippen LogP contribution in [0.25, 0.3) is 0 Å². The molecule has 1 unspecified atom stereocenters. The Kier molecular flexibility index (Phi) is 5.99. The summed E-state index contributed by atoms with van der Waals surface area (Å²) in [5.74, 6) is -2.03. The van der Waals surface area contributed by atoms with Crippen LogP contribution in [0.4, 0.5) is 0 Å². The average molecular weight is 252 g/mol. The lowest BCUT2D eigenvalue weighted by Crippen LogP contribution is -2.34. The van der Waals surface area contributed by atoms with E-state index in [2.05, 4.69) is 4.52 Å². The Hall–Kier alpha value is -0.590. The fourth-order valence-corrected chi connectivity index (χ4v) is 1.22. The second-order valence-electron chi connectivity index (χ2n) is 3.64. The van der Waals surface area contributed by atoms with Gasteiger partial charge in [-0.15, -0.1) is 0 Å². The summed E-state index contributed by atoms with van der Waals surface area (Å²) in [5, 5.41) is 9.07. The molecule has 0 spiro atoms. The molecule has 1 N–H and O–H groups in total. The maximum absolute atomic E-state index is 11.1. The normalized spacial score (nSPS) is 13.9. The molecule has 8 heteroatoms. The van der Waals surface area contributed by atoms with E-state index in [0.717, 1.165) is 0 Å². The van der Waals surface area contributed by atoms with E-state index in [9.17, 15) is 23.9 Å². The van der Waals surface area contributed by atoms with E-state index in [1.807, 2.05) is 0 Å². The van der Waals surface area contributed by atoms with Crippen LogP contribution in [0, 0.1) is 5.92 Å². The Morgan fingerprint density at radius 3 is 2.25 bits per heavy atom. The molecule has 0 aliphatic rings. The molecule has 0 fully saturated rings. The summed E-state index contributed by atoms with van der Waals surface area (Å²) in [6, 6.07) is 0. The number of aliphatic hydroxyl groups excluding tert-OH is 1. The van der Waals surface area contributed by atoms with Crippen molar-refractivity contribution in [2.45, 2.75) is 26.4 Å². The molecule has 0 aliphatic heterocycles. The maximum atomic E-state index is 11.1. The Labute approximate surface area is 92.7 Å². The van der Waals surface area contributed by atoms with Crippen LogP contribution in [0.2, 0.25) is 0 Å². The number of ketones is 2. The van der Waals surface area contributed by atoms with Gasteiger partial charge in [0.2, 0.25) is 11.6 Å². The lowest BCUT2D eigenvalue weighted by atomic mass is 10.0. The highest BCUT2D eigenvalue weighted by molar-refractivity contribution is 7.43. The highest BCUT2D eigenvalue weighted by Crippen LogP contribution is 2.24. The molecule has 0 aromatic carbocycles. The van der Waals surface area contributed by atoms with Gasteiger partial charge in [-0.05, 0) is 5.92 Å². The van der Waals surface area contributed by atoms with Crippen LogP contribution in [0.1, 0.15) is 20.3 Å². The number of aliphatic hydroxyl groups is 1. The first-order valence-corrected chi connectivity index (χ1v) is 6.01. The first-order valence-electron chi connectivity index (χ1n) is 4.55. The van der Waals surface area contributed by atoms with Crippen molar-refractivity contribution in [2.24, 2.45) is 5.92 Å². The molecule has 0 amide bonds. The van der Waals surface area contributed by atoms with Crippen LogP contribution in [-0.4, -0.2) is 29.4 Å². The zero-order chi connectivity index (χ0) is 12.9. The molecular weight excluding hydrogens is 239 g/mol. The molecular formula is C8H13O7P-2. The topological polar surface area (TPSA) is 127 Å². The summed E-state index contributed by atoms with van der Waals surface area (Å²) in [7, 11) is -5.24. The second kappa shape index (κ2) is 6.22. The summed E-state index contributed by atoms with van der Waals surface area (Å²) < 4.78 is 13.7. The van der Waals surface area contributed by atoms with Crippen LogP contribution in [0.5, 0.6) is 0 Å². The molecule has 0 aromatic heterocycles. The smallest absolute Gasteiger partial charge is 0.229 e. The molecule has 0 bridgehead atoms. The van der Waals surface area contributed by atoms with Gasteiger partial charge in [-0.1, -0.05) is 13.8 Å². The summed E-state index contributed by atoms with van der Waals surface area (Å²) in [6.45, 7) is 2.39. The minimum absolute atomic E-state index is 0.0533. The molecule has 16 heavy (non-hydrogen) atoms. The molecule has 0 aromatic rings. The third-order valence-corrected chi connectivity index (χ3v) is 2.03. The summed E-state index contributed by atoms with van der Waals surface area (Å²) in [6.07, 6.45) is -1.97. The van der Waals surface area contributed by atoms with Gasteiger partial charge in [-0.25, -0.2) is 0 Å². The van der Waals surface area contributed by atoms with E-state index in [1.54, 1.807) is 13.8 Å². The predicted molar refractivity (Wildman–Crippen MR) is 49.0 cm³/mol. The lowest BCUT2D eigenvalue weighted by molar-refractivity contribution is -0.342. The van der Waals surface area contributed by atoms with Crippen molar-refractivity contribution in [2.75, 3.05) is 6.61 Å². The lowest BCUT2D eigenvalue weighted by Gasteiger charge is -2.29. The van der Waals surface area contributed by atoms with Crippen molar-refractivity contribution in [3.8, 4) is 0 Å². The SMILES string of the molecule is CC(C)CC(=O)C(=O)C(O)COP(=O)([O-])[O-]. The van der Waals surface area contributed by atoms with Gasteiger partial charge in [0, 0.05) is 6.42 Å². The van der Waals surface area contributed by atoms with Crippen LogP contribution in [0.3, 0.4) is 0 Å². The molecule has 94 valence electrons. The van der Waals surface area contributed by atoms with E-state index in [1.165, 1.54) is 0 Å². The third-order valence-electron chi connectivity index (χ3n) is 1.56. The van der Waals surface area contributed by atoms with E-state index in [4.69, 9.17) is 5.11 Å².